The zero-order chi connectivity index (χ0) is 16.5. The average molecular weight is 363 g/mol. The summed E-state index contributed by atoms with van der Waals surface area (Å²) >= 11 is 11.4. The molecule has 0 atom stereocenters. The Bertz CT molecular complexity index is 814. The molecule has 0 saturated heterocycles. The van der Waals surface area contributed by atoms with Crippen LogP contribution in [0.2, 0.25) is 10.0 Å². The van der Waals surface area contributed by atoms with Crippen molar-refractivity contribution in [3.8, 4) is 5.75 Å². The Hall–Kier alpha value is -2.03. The van der Waals surface area contributed by atoms with Gasteiger partial charge in [0.05, 0.1) is 25.6 Å². The van der Waals surface area contributed by atoms with E-state index in [-0.39, 0.29) is 32.1 Å². The molecule has 2 N–H and O–H groups in total. The van der Waals surface area contributed by atoms with Crippen molar-refractivity contribution in [2.75, 3.05) is 4.72 Å². The first kappa shape index (κ1) is 16.3. The van der Waals surface area contributed by atoms with Gasteiger partial charge in [-0.25, -0.2) is 8.42 Å². The number of hydrogen-bond acceptors (Lipinski definition) is 5. The van der Waals surface area contributed by atoms with Crippen LogP contribution in [-0.4, -0.2) is 18.4 Å². The van der Waals surface area contributed by atoms with E-state index in [0.717, 1.165) is 24.3 Å². The first-order valence-corrected chi connectivity index (χ1v) is 7.90. The molecule has 0 spiro atoms. The fourth-order valence-electron chi connectivity index (χ4n) is 1.59. The molecule has 0 aliphatic rings. The number of phenolic OH excluding ortho intramolecular Hbond substituents is 1. The third kappa shape index (κ3) is 3.41. The van der Waals surface area contributed by atoms with Gasteiger partial charge in [0, 0.05) is 12.1 Å². The topological polar surface area (TPSA) is 110 Å². The van der Waals surface area contributed by atoms with Gasteiger partial charge in [-0.15, -0.1) is 0 Å². The fourth-order valence-corrected chi connectivity index (χ4v) is 3.11. The van der Waals surface area contributed by atoms with E-state index in [1.165, 1.54) is 12.1 Å². The zero-order valence-electron chi connectivity index (χ0n) is 10.7. The van der Waals surface area contributed by atoms with Crippen LogP contribution < -0.4 is 4.72 Å². The summed E-state index contributed by atoms with van der Waals surface area (Å²) < 4.78 is 26.5. The molecular formula is C12H8Cl2N2O5S. The Morgan fingerprint density at radius 3 is 2.05 bits per heavy atom. The molecule has 0 fully saturated rings. The molecule has 0 aliphatic carbocycles. The summed E-state index contributed by atoms with van der Waals surface area (Å²) in [6.07, 6.45) is 0. The molecule has 0 unspecified atom stereocenters. The van der Waals surface area contributed by atoms with Crippen LogP contribution in [0, 0.1) is 10.1 Å². The summed E-state index contributed by atoms with van der Waals surface area (Å²) in [7, 11) is -3.97. The van der Waals surface area contributed by atoms with Crippen molar-refractivity contribution in [1.82, 2.24) is 0 Å². The molecule has 0 aliphatic heterocycles. The first-order valence-electron chi connectivity index (χ1n) is 5.66. The van der Waals surface area contributed by atoms with Crippen molar-refractivity contribution < 1.29 is 18.4 Å². The van der Waals surface area contributed by atoms with Crippen molar-refractivity contribution in [3.05, 3.63) is 56.6 Å². The highest BCUT2D eigenvalue weighted by molar-refractivity contribution is 7.92. The van der Waals surface area contributed by atoms with Gasteiger partial charge < -0.3 is 5.11 Å². The van der Waals surface area contributed by atoms with Crippen molar-refractivity contribution >= 4 is 44.6 Å². The third-order valence-electron chi connectivity index (χ3n) is 2.63. The average Bonchev–Trinajstić information content (AvgIpc) is 2.44. The SMILES string of the molecule is O=[N+]([O-])c1ccc(S(=O)(=O)Nc2cc(Cl)c(O)c(Cl)c2)cc1. The summed E-state index contributed by atoms with van der Waals surface area (Å²) in [5.74, 6) is -0.360. The maximum absolute atomic E-state index is 12.2. The van der Waals surface area contributed by atoms with Crippen LogP contribution in [0.3, 0.4) is 0 Å². The van der Waals surface area contributed by atoms with Crippen molar-refractivity contribution in [3.63, 3.8) is 0 Å². The van der Waals surface area contributed by atoms with Crippen LogP contribution in [0.15, 0.2) is 41.3 Å². The van der Waals surface area contributed by atoms with E-state index in [0.29, 0.717) is 0 Å². The highest BCUT2D eigenvalue weighted by atomic mass is 35.5. The molecule has 2 aromatic rings. The number of anilines is 1. The lowest BCUT2D eigenvalue weighted by Gasteiger charge is -2.09. The van der Waals surface area contributed by atoms with Crippen LogP contribution in [0.25, 0.3) is 0 Å². The lowest BCUT2D eigenvalue weighted by atomic mass is 10.3. The molecule has 22 heavy (non-hydrogen) atoms. The van der Waals surface area contributed by atoms with E-state index in [1.54, 1.807) is 0 Å². The Balaban J connectivity index is 2.33. The van der Waals surface area contributed by atoms with Gasteiger partial charge in [-0.2, -0.15) is 0 Å². The second-order valence-corrected chi connectivity index (χ2v) is 6.64. The number of rotatable bonds is 4. The first-order chi connectivity index (χ1) is 10.2. The predicted octanol–water partition coefficient (Wildman–Crippen LogP) is 3.41. The zero-order valence-corrected chi connectivity index (χ0v) is 13.0. The Kier molecular flexibility index (Phi) is 4.45. The minimum absolute atomic E-state index is 0.0474. The van der Waals surface area contributed by atoms with Gasteiger partial charge in [0.15, 0.2) is 5.75 Å². The van der Waals surface area contributed by atoms with Crippen LogP contribution in [-0.2, 0) is 10.0 Å². The molecule has 10 heteroatoms. The Morgan fingerprint density at radius 2 is 1.59 bits per heavy atom. The number of nitro groups is 1. The van der Waals surface area contributed by atoms with E-state index >= 15 is 0 Å². The van der Waals surface area contributed by atoms with Gasteiger partial charge >= 0.3 is 0 Å². The molecule has 0 saturated carbocycles. The number of nitrogens with one attached hydrogen (secondary N) is 1. The smallest absolute Gasteiger partial charge is 0.269 e. The van der Waals surface area contributed by atoms with Gasteiger partial charge in [0.25, 0.3) is 15.7 Å². The minimum atomic E-state index is -3.97. The predicted molar refractivity (Wildman–Crippen MR) is 82.0 cm³/mol. The Labute approximate surface area is 135 Å². The summed E-state index contributed by atoms with van der Waals surface area (Å²) in [6.45, 7) is 0. The van der Waals surface area contributed by atoms with Gasteiger partial charge in [-0.3, -0.25) is 14.8 Å². The lowest BCUT2D eigenvalue weighted by Crippen LogP contribution is -2.13. The number of nitro benzene ring substituents is 1. The molecule has 0 radical (unpaired) electrons. The summed E-state index contributed by atoms with van der Waals surface area (Å²) in [5.41, 5.74) is -0.180. The number of benzene rings is 2. The highest BCUT2D eigenvalue weighted by Gasteiger charge is 2.17. The van der Waals surface area contributed by atoms with E-state index in [1.807, 2.05) is 0 Å². The lowest BCUT2D eigenvalue weighted by molar-refractivity contribution is -0.384. The number of hydrogen-bond donors (Lipinski definition) is 2. The number of nitrogens with zero attached hydrogens (tertiary/aromatic N) is 1. The van der Waals surface area contributed by atoms with E-state index in [4.69, 9.17) is 23.2 Å². The van der Waals surface area contributed by atoms with Crippen molar-refractivity contribution in [2.24, 2.45) is 0 Å². The molecule has 2 aromatic carbocycles. The van der Waals surface area contributed by atoms with Gasteiger partial charge in [0.2, 0.25) is 0 Å². The number of sulfonamides is 1. The van der Waals surface area contributed by atoms with Crippen LogP contribution >= 0.6 is 23.2 Å². The minimum Gasteiger partial charge on any atom is -0.505 e. The molecule has 0 amide bonds. The summed E-state index contributed by atoms with van der Waals surface area (Å²) in [5, 5.41) is 19.7. The maximum Gasteiger partial charge on any atom is 0.269 e. The normalized spacial score (nSPS) is 11.2. The van der Waals surface area contributed by atoms with Gasteiger partial charge in [0.1, 0.15) is 0 Å². The number of aromatic hydroxyl groups is 1. The van der Waals surface area contributed by atoms with Crippen LogP contribution in [0.4, 0.5) is 11.4 Å². The van der Waals surface area contributed by atoms with Gasteiger partial charge in [-0.1, -0.05) is 23.2 Å². The van der Waals surface area contributed by atoms with Gasteiger partial charge in [-0.05, 0) is 24.3 Å². The monoisotopic (exact) mass is 362 g/mol. The van der Waals surface area contributed by atoms with E-state index in [9.17, 15) is 23.6 Å². The number of phenols is 1. The molecule has 0 aromatic heterocycles. The highest BCUT2D eigenvalue weighted by Crippen LogP contribution is 2.35. The third-order valence-corrected chi connectivity index (χ3v) is 4.60. The quantitative estimate of drug-likeness (QED) is 0.491. The Morgan fingerprint density at radius 1 is 1.09 bits per heavy atom. The molecule has 7 nitrogen and oxygen atoms in total. The molecule has 0 bridgehead atoms. The fraction of sp³-hybridized carbons (Fsp3) is 0. The summed E-state index contributed by atoms with van der Waals surface area (Å²) in [6, 6.07) is 6.72. The summed E-state index contributed by atoms with van der Waals surface area (Å²) in [4.78, 5) is 9.74. The van der Waals surface area contributed by atoms with Crippen molar-refractivity contribution in [1.29, 1.82) is 0 Å². The largest absolute Gasteiger partial charge is 0.505 e. The number of halogens is 2. The second kappa shape index (κ2) is 5.99. The van der Waals surface area contributed by atoms with E-state index < -0.39 is 14.9 Å². The van der Waals surface area contributed by atoms with Crippen molar-refractivity contribution in [2.45, 2.75) is 4.90 Å². The maximum atomic E-state index is 12.2. The molecule has 116 valence electrons. The van der Waals surface area contributed by atoms with Crippen LogP contribution in [0.5, 0.6) is 5.75 Å². The standard InChI is InChI=1S/C12H8Cl2N2O5S/c13-10-5-7(6-11(14)12(10)17)15-22(20,21)9-3-1-8(2-4-9)16(18)19/h1-6,15,17H. The molecular weight excluding hydrogens is 355 g/mol. The molecule has 2 rings (SSSR count). The second-order valence-electron chi connectivity index (χ2n) is 4.15. The number of non-ortho nitro benzene ring substituents is 1. The van der Waals surface area contributed by atoms with E-state index in [2.05, 4.69) is 4.72 Å². The molecule has 0 heterocycles. The van der Waals surface area contributed by atoms with Crippen LogP contribution in [0.1, 0.15) is 0 Å².